The second kappa shape index (κ2) is 2.93. The van der Waals surface area contributed by atoms with Crippen molar-refractivity contribution in [2.75, 3.05) is 0 Å². The molecule has 1 aromatic heterocycles. The summed E-state index contributed by atoms with van der Waals surface area (Å²) in [5, 5.41) is 10.9. The molecule has 0 saturated heterocycles. The SMILES string of the molecule is ONC1CCCc2sccc21. The third kappa shape index (κ3) is 1.20. The molecule has 0 bridgehead atoms. The van der Waals surface area contributed by atoms with Gasteiger partial charge in [0.1, 0.15) is 0 Å². The van der Waals surface area contributed by atoms with E-state index in [4.69, 9.17) is 5.21 Å². The van der Waals surface area contributed by atoms with Crippen molar-refractivity contribution >= 4 is 11.3 Å². The molecule has 1 aromatic rings. The van der Waals surface area contributed by atoms with Gasteiger partial charge in [-0.15, -0.1) is 11.3 Å². The van der Waals surface area contributed by atoms with E-state index in [9.17, 15) is 0 Å². The number of nitrogens with one attached hydrogen (secondary N) is 1. The summed E-state index contributed by atoms with van der Waals surface area (Å²) in [6.07, 6.45) is 3.43. The summed E-state index contributed by atoms with van der Waals surface area (Å²) < 4.78 is 0. The predicted molar refractivity (Wildman–Crippen MR) is 44.9 cm³/mol. The topological polar surface area (TPSA) is 32.3 Å². The Morgan fingerprint density at radius 1 is 1.64 bits per heavy atom. The summed E-state index contributed by atoms with van der Waals surface area (Å²) in [7, 11) is 0. The van der Waals surface area contributed by atoms with Gasteiger partial charge in [0, 0.05) is 4.88 Å². The third-order valence-corrected chi connectivity index (χ3v) is 3.20. The van der Waals surface area contributed by atoms with Crippen LogP contribution in [0.4, 0.5) is 0 Å². The quantitative estimate of drug-likeness (QED) is 0.631. The normalized spacial score (nSPS) is 23.2. The molecule has 2 rings (SSSR count). The fourth-order valence-electron chi connectivity index (χ4n) is 1.62. The minimum absolute atomic E-state index is 0.185. The van der Waals surface area contributed by atoms with Gasteiger partial charge in [0.2, 0.25) is 0 Å². The average molecular weight is 169 g/mol. The van der Waals surface area contributed by atoms with Crippen LogP contribution in [-0.4, -0.2) is 5.21 Å². The van der Waals surface area contributed by atoms with Crippen LogP contribution in [0.3, 0.4) is 0 Å². The molecule has 2 nitrogen and oxygen atoms in total. The molecule has 0 fully saturated rings. The Morgan fingerprint density at radius 3 is 3.36 bits per heavy atom. The number of fused-ring (bicyclic) bond motifs is 1. The first kappa shape index (κ1) is 7.28. The van der Waals surface area contributed by atoms with Gasteiger partial charge in [-0.05, 0) is 36.3 Å². The maximum absolute atomic E-state index is 8.81. The Balaban J connectivity index is 2.32. The van der Waals surface area contributed by atoms with Crippen molar-refractivity contribution in [1.29, 1.82) is 0 Å². The lowest BCUT2D eigenvalue weighted by Gasteiger charge is -2.20. The molecule has 1 heterocycles. The van der Waals surface area contributed by atoms with Gasteiger partial charge in [-0.1, -0.05) is 0 Å². The lowest BCUT2D eigenvalue weighted by Crippen LogP contribution is -2.20. The van der Waals surface area contributed by atoms with Gasteiger partial charge in [-0.25, -0.2) is 0 Å². The van der Waals surface area contributed by atoms with Crippen molar-refractivity contribution in [3.63, 3.8) is 0 Å². The third-order valence-electron chi connectivity index (χ3n) is 2.21. The minimum atomic E-state index is 0.185. The van der Waals surface area contributed by atoms with E-state index in [-0.39, 0.29) is 6.04 Å². The zero-order valence-electron chi connectivity index (χ0n) is 6.21. The van der Waals surface area contributed by atoms with Gasteiger partial charge in [-0.3, -0.25) is 0 Å². The predicted octanol–water partition coefficient (Wildman–Crippen LogP) is 2.10. The number of hydrogen-bond acceptors (Lipinski definition) is 3. The summed E-state index contributed by atoms with van der Waals surface area (Å²) >= 11 is 1.79. The average Bonchev–Trinajstić information content (AvgIpc) is 2.50. The number of hydroxylamine groups is 1. The summed E-state index contributed by atoms with van der Waals surface area (Å²) in [5.74, 6) is 0. The van der Waals surface area contributed by atoms with E-state index < -0.39 is 0 Å². The Bertz CT molecular complexity index is 246. The Labute approximate surface area is 69.8 Å². The highest BCUT2D eigenvalue weighted by Gasteiger charge is 2.19. The first-order valence-electron chi connectivity index (χ1n) is 3.87. The highest BCUT2D eigenvalue weighted by atomic mass is 32.1. The maximum Gasteiger partial charge on any atom is 0.0580 e. The van der Waals surface area contributed by atoms with Crippen LogP contribution in [0, 0.1) is 0 Å². The second-order valence-electron chi connectivity index (χ2n) is 2.87. The van der Waals surface area contributed by atoms with Crippen LogP contribution in [0.5, 0.6) is 0 Å². The van der Waals surface area contributed by atoms with E-state index in [1.165, 1.54) is 23.3 Å². The number of hydrogen-bond donors (Lipinski definition) is 2. The van der Waals surface area contributed by atoms with Gasteiger partial charge >= 0.3 is 0 Å². The fraction of sp³-hybridized carbons (Fsp3) is 0.500. The van der Waals surface area contributed by atoms with E-state index in [1.54, 1.807) is 11.3 Å². The largest absolute Gasteiger partial charge is 0.316 e. The number of aryl methyl sites for hydroxylation is 1. The van der Waals surface area contributed by atoms with Gasteiger partial charge < -0.3 is 5.21 Å². The molecule has 0 spiro atoms. The van der Waals surface area contributed by atoms with Gasteiger partial charge in [0.05, 0.1) is 6.04 Å². The molecule has 1 atom stereocenters. The summed E-state index contributed by atoms with van der Waals surface area (Å²) in [5.41, 5.74) is 3.65. The van der Waals surface area contributed by atoms with E-state index in [0.717, 1.165) is 6.42 Å². The van der Waals surface area contributed by atoms with E-state index >= 15 is 0 Å². The van der Waals surface area contributed by atoms with Crippen LogP contribution < -0.4 is 5.48 Å². The fourth-order valence-corrected chi connectivity index (χ4v) is 2.61. The first-order valence-corrected chi connectivity index (χ1v) is 4.75. The maximum atomic E-state index is 8.81. The molecular formula is C8H11NOS. The monoisotopic (exact) mass is 169 g/mol. The molecule has 3 heteroatoms. The Hall–Kier alpha value is -0.380. The highest BCUT2D eigenvalue weighted by Crippen LogP contribution is 2.32. The van der Waals surface area contributed by atoms with Gasteiger partial charge in [-0.2, -0.15) is 5.48 Å². The van der Waals surface area contributed by atoms with Crippen LogP contribution in [0.25, 0.3) is 0 Å². The summed E-state index contributed by atoms with van der Waals surface area (Å²) in [6, 6.07) is 2.29. The molecule has 0 aromatic carbocycles. The van der Waals surface area contributed by atoms with Crippen LogP contribution >= 0.6 is 11.3 Å². The summed E-state index contributed by atoms with van der Waals surface area (Å²) in [6.45, 7) is 0. The molecule has 2 N–H and O–H groups in total. The molecule has 1 aliphatic carbocycles. The molecule has 1 aliphatic rings. The number of rotatable bonds is 1. The Kier molecular flexibility index (Phi) is 1.94. The zero-order chi connectivity index (χ0) is 7.68. The van der Waals surface area contributed by atoms with Crippen molar-refractivity contribution in [2.24, 2.45) is 0 Å². The lowest BCUT2D eigenvalue weighted by molar-refractivity contribution is 0.118. The molecule has 1 unspecified atom stereocenters. The van der Waals surface area contributed by atoms with E-state index in [2.05, 4.69) is 16.9 Å². The Morgan fingerprint density at radius 2 is 2.55 bits per heavy atom. The molecule has 0 amide bonds. The smallest absolute Gasteiger partial charge is 0.0580 e. The summed E-state index contributed by atoms with van der Waals surface area (Å²) in [4.78, 5) is 1.43. The van der Waals surface area contributed by atoms with Gasteiger partial charge in [0.15, 0.2) is 0 Å². The molecule has 60 valence electrons. The molecular weight excluding hydrogens is 158 g/mol. The van der Waals surface area contributed by atoms with Gasteiger partial charge in [0.25, 0.3) is 0 Å². The van der Waals surface area contributed by atoms with Crippen LogP contribution in [0.2, 0.25) is 0 Å². The van der Waals surface area contributed by atoms with Crippen LogP contribution in [0.1, 0.15) is 29.3 Å². The van der Waals surface area contributed by atoms with Crippen LogP contribution in [0.15, 0.2) is 11.4 Å². The van der Waals surface area contributed by atoms with Crippen molar-refractivity contribution in [2.45, 2.75) is 25.3 Å². The van der Waals surface area contributed by atoms with E-state index in [1.807, 2.05) is 0 Å². The van der Waals surface area contributed by atoms with E-state index in [0.29, 0.717) is 0 Å². The minimum Gasteiger partial charge on any atom is -0.316 e. The standard InChI is InChI=1S/C8H11NOS/c10-9-7-2-1-3-8-6(7)4-5-11-8/h4-5,7,9-10H,1-3H2. The molecule has 0 aliphatic heterocycles. The molecule has 11 heavy (non-hydrogen) atoms. The van der Waals surface area contributed by atoms with Crippen molar-refractivity contribution in [3.05, 3.63) is 21.9 Å². The number of thiophene rings is 1. The van der Waals surface area contributed by atoms with Crippen molar-refractivity contribution in [1.82, 2.24) is 5.48 Å². The molecule has 0 radical (unpaired) electrons. The molecule has 0 saturated carbocycles. The lowest BCUT2D eigenvalue weighted by atomic mass is 9.95. The highest BCUT2D eigenvalue weighted by molar-refractivity contribution is 7.10. The van der Waals surface area contributed by atoms with Crippen molar-refractivity contribution < 1.29 is 5.21 Å². The first-order chi connectivity index (χ1) is 5.42. The second-order valence-corrected chi connectivity index (χ2v) is 3.87. The zero-order valence-corrected chi connectivity index (χ0v) is 7.03. The van der Waals surface area contributed by atoms with Crippen molar-refractivity contribution in [3.8, 4) is 0 Å². The van der Waals surface area contributed by atoms with Crippen LogP contribution in [-0.2, 0) is 6.42 Å².